The van der Waals surface area contributed by atoms with Crippen molar-refractivity contribution in [2.75, 3.05) is 25.0 Å². The predicted octanol–water partition coefficient (Wildman–Crippen LogP) is 7.08. The van der Waals surface area contributed by atoms with Gasteiger partial charge in [-0.3, -0.25) is 4.98 Å². The molecule has 3 aromatic carbocycles. The van der Waals surface area contributed by atoms with Crippen molar-refractivity contribution in [1.82, 2.24) is 29.8 Å². The van der Waals surface area contributed by atoms with E-state index in [-0.39, 0.29) is 12.1 Å². The number of aryl methyl sites for hydroxylation is 2. The van der Waals surface area contributed by atoms with Gasteiger partial charge >= 0.3 is 12.1 Å². The molecule has 2 aliphatic heterocycles. The molecular formula is C40H45N7O3. The molecule has 0 spiro atoms. The lowest BCUT2D eigenvalue weighted by Gasteiger charge is -2.37. The van der Waals surface area contributed by atoms with Gasteiger partial charge in [0.05, 0.1) is 23.6 Å². The van der Waals surface area contributed by atoms with Crippen molar-refractivity contribution in [3.05, 3.63) is 125 Å². The molecule has 2 aliphatic rings. The van der Waals surface area contributed by atoms with E-state index in [1.165, 1.54) is 11.1 Å². The molecule has 1 atom stereocenters. The van der Waals surface area contributed by atoms with Crippen LogP contribution in [0.2, 0.25) is 0 Å². The Morgan fingerprint density at radius 1 is 0.940 bits per heavy atom. The minimum Gasteiger partial charge on any atom is -0.351 e. The SMILES string of the molecule is CCc1ccc(CC(NC(=O)ON2CCC(N3CCc4ccccc4NC3=O)CC2)c2nc3ccccc3n2Cc2cccnc2)cc1CC. The minimum atomic E-state index is -0.516. The molecule has 10 nitrogen and oxygen atoms in total. The second kappa shape index (κ2) is 15.1. The Labute approximate surface area is 293 Å². The van der Waals surface area contributed by atoms with E-state index in [0.717, 1.165) is 58.5 Å². The van der Waals surface area contributed by atoms with Gasteiger partial charge in [0, 0.05) is 50.2 Å². The van der Waals surface area contributed by atoms with Crippen LogP contribution in [0.5, 0.6) is 0 Å². The number of para-hydroxylation sites is 3. The quantitative estimate of drug-likeness (QED) is 0.164. The van der Waals surface area contributed by atoms with Crippen molar-refractivity contribution in [2.45, 2.75) is 71.0 Å². The Balaban J connectivity index is 1.09. The number of fused-ring (bicyclic) bond motifs is 2. The summed E-state index contributed by atoms with van der Waals surface area (Å²) in [6.07, 6.45) is 7.83. The van der Waals surface area contributed by atoms with E-state index in [4.69, 9.17) is 9.82 Å². The summed E-state index contributed by atoms with van der Waals surface area (Å²) in [5.41, 5.74) is 8.72. The molecule has 1 saturated heterocycles. The normalized spacial score (nSPS) is 16.0. The molecule has 1 unspecified atom stereocenters. The van der Waals surface area contributed by atoms with Gasteiger partial charge in [-0.2, -0.15) is 0 Å². The molecule has 0 bridgehead atoms. The number of imidazole rings is 1. The monoisotopic (exact) mass is 671 g/mol. The summed E-state index contributed by atoms with van der Waals surface area (Å²) in [5.74, 6) is 0.761. The van der Waals surface area contributed by atoms with Crippen LogP contribution < -0.4 is 10.6 Å². The number of anilines is 1. The third-order valence-corrected chi connectivity index (χ3v) is 10.0. The maximum absolute atomic E-state index is 13.7. The number of piperidine rings is 1. The van der Waals surface area contributed by atoms with Crippen LogP contribution >= 0.6 is 0 Å². The molecule has 10 heteroatoms. The molecule has 258 valence electrons. The molecule has 5 aromatic rings. The fourth-order valence-electron chi connectivity index (χ4n) is 7.39. The zero-order chi connectivity index (χ0) is 34.5. The molecule has 0 radical (unpaired) electrons. The Kier molecular flexibility index (Phi) is 10.1. The van der Waals surface area contributed by atoms with E-state index in [2.05, 4.69) is 70.4 Å². The number of carbonyl (C=O) groups excluding carboxylic acids is 2. The average molecular weight is 672 g/mol. The van der Waals surface area contributed by atoms with Crippen molar-refractivity contribution in [1.29, 1.82) is 0 Å². The maximum atomic E-state index is 13.7. The summed E-state index contributed by atoms with van der Waals surface area (Å²) in [7, 11) is 0. The van der Waals surface area contributed by atoms with Crippen molar-refractivity contribution in [2.24, 2.45) is 0 Å². The predicted molar refractivity (Wildman–Crippen MR) is 195 cm³/mol. The van der Waals surface area contributed by atoms with Crippen LogP contribution in [0.25, 0.3) is 11.0 Å². The summed E-state index contributed by atoms with van der Waals surface area (Å²) in [6.45, 7) is 6.67. The molecule has 0 saturated carbocycles. The lowest BCUT2D eigenvalue weighted by atomic mass is 9.96. The van der Waals surface area contributed by atoms with Crippen molar-refractivity contribution >= 4 is 28.8 Å². The molecule has 7 rings (SSSR count). The number of nitrogens with one attached hydrogen (secondary N) is 2. The van der Waals surface area contributed by atoms with Gasteiger partial charge in [0.2, 0.25) is 0 Å². The van der Waals surface area contributed by atoms with Gasteiger partial charge in [0.25, 0.3) is 0 Å². The second-order valence-corrected chi connectivity index (χ2v) is 13.2. The van der Waals surface area contributed by atoms with Crippen molar-refractivity contribution < 1.29 is 14.4 Å². The van der Waals surface area contributed by atoms with E-state index < -0.39 is 12.1 Å². The summed E-state index contributed by atoms with van der Waals surface area (Å²) in [5, 5.41) is 8.01. The van der Waals surface area contributed by atoms with E-state index >= 15 is 0 Å². The van der Waals surface area contributed by atoms with E-state index in [1.54, 1.807) is 11.3 Å². The summed E-state index contributed by atoms with van der Waals surface area (Å²) in [6, 6.07) is 26.2. The van der Waals surface area contributed by atoms with Crippen LogP contribution in [0.4, 0.5) is 15.3 Å². The Morgan fingerprint density at radius 2 is 1.74 bits per heavy atom. The number of nitrogens with zero attached hydrogens (tertiary/aromatic N) is 5. The highest BCUT2D eigenvalue weighted by Crippen LogP contribution is 2.28. The van der Waals surface area contributed by atoms with Crippen LogP contribution in [-0.2, 0) is 37.1 Å². The highest BCUT2D eigenvalue weighted by Gasteiger charge is 2.32. The fourth-order valence-corrected chi connectivity index (χ4v) is 7.39. The lowest BCUT2D eigenvalue weighted by molar-refractivity contribution is -0.120. The number of aromatic nitrogens is 3. The van der Waals surface area contributed by atoms with Gasteiger partial charge in [-0.1, -0.05) is 68.4 Å². The minimum absolute atomic E-state index is 0.0673. The number of hydrogen-bond acceptors (Lipinski definition) is 6. The number of urea groups is 1. The number of hydroxylamine groups is 2. The van der Waals surface area contributed by atoms with E-state index in [1.807, 2.05) is 53.6 Å². The zero-order valence-electron chi connectivity index (χ0n) is 28.8. The smallest absolute Gasteiger partial charge is 0.351 e. The van der Waals surface area contributed by atoms with E-state index in [0.29, 0.717) is 45.4 Å². The number of rotatable bonds is 10. The average Bonchev–Trinajstić information content (AvgIpc) is 3.41. The number of hydrogen-bond donors (Lipinski definition) is 2. The maximum Gasteiger partial charge on any atom is 0.426 e. The molecule has 2 N–H and O–H groups in total. The highest BCUT2D eigenvalue weighted by atomic mass is 16.7. The summed E-state index contributed by atoms with van der Waals surface area (Å²) in [4.78, 5) is 44.1. The number of pyridine rings is 1. The van der Waals surface area contributed by atoms with Gasteiger partial charge in [0.1, 0.15) is 5.82 Å². The molecule has 3 amide bonds. The molecule has 2 aromatic heterocycles. The van der Waals surface area contributed by atoms with Crippen LogP contribution in [0.1, 0.15) is 66.4 Å². The first-order valence-electron chi connectivity index (χ1n) is 17.8. The number of benzene rings is 3. The Hall–Kier alpha value is -5.22. The molecule has 4 heterocycles. The standard InChI is InChI=1S/C40H45N7O3/c1-3-30-16-15-28(24-31(30)4-2)25-36(38-42-35-13-7-8-14-37(35)47(38)27-29-10-9-20-41-26-29)44-40(49)50-45-21-18-33(19-22-45)46-23-17-32-11-5-6-12-34(32)43-39(46)48/h5-16,20,24,26,33,36H,3-4,17-19,21-23,25,27H2,1-2H3,(H,43,48)(H,44,49). The number of carbonyl (C=O) groups is 2. The van der Waals surface area contributed by atoms with E-state index in [9.17, 15) is 9.59 Å². The van der Waals surface area contributed by atoms with Crippen LogP contribution in [0, 0.1) is 0 Å². The van der Waals surface area contributed by atoms with Gasteiger partial charge in [-0.15, -0.1) is 5.06 Å². The molecule has 50 heavy (non-hydrogen) atoms. The second-order valence-electron chi connectivity index (χ2n) is 13.2. The van der Waals surface area contributed by atoms with Crippen LogP contribution in [0.15, 0.2) is 91.3 Å². The van der Waals surface area contributed by atoms with Crippen molar-refractivity contribution in [3.8, 4) is 0 Å². The lowest BCUT2D eigenvalue weighted by Crippen LogP contribution is -2.49. The Bertz CT molecular complexity index is 1950. The van der Waals surface area contributed by atoms with Gasteiger partial charge in [-0.25, -0.2) is 14.6 Å². The molecule has 0 aliphatic carbocycles. The third kappa shape index (κ3) is 7.35. The number of amides is 3. The Morgan fingerprint density at radius 3 is 2.54 bits per heavy atom. The first kappa shape index (κ1) is 33.3. The van der Waals surface area contributed by atoms with Gasteiger partial charge in [0.15, 0.2) is 0 Å². The van der Waals surface area contributed by atoms with Gasteiger partial charge < -0.3 is 24.9 Å². The highest BCUT2D eigenvalue weighted by molar-refractivity contribution is 5.91. The zero-order valence-corrected chi connectivity index (χ0v) is 28.8. The van der Waals surface area contributed by atoms with Crippen molar-refractivity contribution in [3.63, 3.8) is 0 Å². The third-order valence-electron chi connectivity index (χ3n) is 10.0. The summed E-state index contributed by atoms with van der Waals surface area (Å²) >= 11 is 0. The molecule has 1 fully saturated rings. The first-order chi connectivity index (χ1) is 24.5. The van der Waals surface area contributed by atoms with Gasteiger partial charge in [-0.05, 0) is 84.2 Å². The fraction of sp³-hybridized carbons (Fsp3) is 0.350. The topological polar surface area (TPSA) is 105 Å². The largest absolute Gasteiger partial charge is 0.426 e. The molecular weight excluding hydrogens is 626 g/mol. The van der Waals surface area contributed by atoms with Crippen LogP contribution in [0.3, 0.4) is 0 Å². The first-order valence-corrected chi connectivity index (χ1v) is 17.8. The van der Waals surface area contributed by atoms with Crippen LogP contribution in [-0.4, -0.2) is 62.3 Å². The summed E-state index contributed by atoms with van der Waals surface area (Å²) < 4.78 is 2.18.